The molecule has 0 saturated carbocycles. The van der Waals surface area contributed by atoms with E-state index in [1.54, 1.807) is 28.8 Å². The summed E-state index contributed by atoms with van der Waals surface area (Å²) < 4.78 is 42.0. The number of halogens is 3. The summed E-state index contributed by atoms with van der Waals surface area (Å²) >= 11 is 1.35. The molecule has 0 aliphatic carbocycles. The van der Waals surface area contributed by atoms with E-state index in [0.29, 0.717) is 16.3 Å². The SMILES string of the molecule is FC(F)(F)c1cc(-c2cccs2)nc2c1ncn2-c1ccccc1. The molecule has 3 nitrogen and oxygen atoms in total. The number of fused-ring (bicyclic) bond motifs is 1. The van der Waals surface area contributed by atoms with E-state index in [1.165, 1.54) is 17.7 Å². The summed E-state index contributed by atoms with van der Waals surface area (Å²) in [4.78, 5) is 9.09. The van der Waals surface area contributed by atoms with Gasteiger partial charge in [0.1, 0.15) is 11.8 Å². The first kappa shape index (κ1) is 14.9. The van der Waals surface area contributed by atoms with Gasteiger partial charge in [0, 0.05) is 5.69 Å². The molecule has 7 heteroatoms. The molecule has 0 bridgehead atoms. The van der Waals surface area contributed by atoms with Crippen LogP contribution in [-0.4, -0.2) is 14.5 Å². The van der Waals surface area contributed by atoms with Crippen molar-refractivity contribution in [2.75, 3.05) is 0 Å². The standard InChI is InChI=1S/C17H10F3N3S/c18-17(19,20)12-9-13(14-7-4-8-24-14)22-16-15(12)21-10-23(16)11-5-2-1-3-6-11/h1-10H. The summed E-state index contributed by atoms with van der Waals surface area (Å²) in [6, 6.07) is 13.7. The van der Waals surface area contributed by atoms with Crippen molar-refractivity contribution in [2.24, 2.45) is 0 Å². The molecule has 0 N–H and O–H groups in total. The van der Waals surface area contributed by atoms with Crippen molar-refractivity contribution in [3.63, 3.8) is 0 Å². The van der Waals surface area contributed by atoms with Crippen LogP contribution in [0.25, 0.3) is 27.4 Å². The summed E-state index contributed by atoms with van der Waals surface area (Å²) in [6.45, 7) is 0. The van der Waals surface area contributed by atoms with Gasteiger partial charge < -0.3 is 0 Å². The first-order valence-electron chi connectivity index (χ1n) is 7.08. The number of para-hydroxylation sites is 1. The second kappa shape index (κ2) is 5.45. The maximum atomic E-state index is 13.5. The molecule has 3 aromatic heterocycles. The molecule has 0 spiro atoms. The third kappa shape index (κ3) is 2.46. The van der Waals surface area contributed by atoms with Gasteiger partial charge in [-0.25, -0.2) is 9.97 Å². The Morgan fingerprint density at radius 3 is 2.46 bits per heavy atom. The number of nitrogens with zero attached hydrogens (tertiary/aromatic N) is 3. The highest BCUT2D eigenvalue weighted by molar-refractivity contribution is 7.13. The van der Waals surface area contributed by atoms with Gasteiger partial charge in [-0.15, -0.1) is 11.3 Å². The molecule has 0 unspecified atom stereocenters. The lowest BCUT2D eigenvalue weighted by Gasteiger charge is -2.10. The number of hydrogen-bond acceptors (Lipinski definition) is 3. The van der Waals surface area contributed by atoms with Crippen LogP contribution in [0.15, 0.2) is 60.2 Å². The summed E-state index contributed by atoms with van der Waals surface area (Å²) in [5.74, 6) is 0. The maximum absolute atomic E-state index is 13.5. The van der Waals surface area contributed by atoms with Gasteiger partial charge in [0.25, 0.3) is 0 Å². The monoisotopic (exact) mass is 345 g/mol. The fourth-order valence-electron chi connectivity index (χ4n) is 2.53. The second-order valence-electron chi connectivity index (χ2n) is 5.15. The second-order valence-corrected chi connectivity index (χ2v) is 6.10. The molecule has 3 heterocycles. The summed E-state index contributed by atoms with van der Waals surface area (Å²) in [5.41, 5.74) is 0.281. The number of thiophene rings is 1. The number of alkyl halides is 3. The molecule has 0 amide bonds. The van der Waals surface area contributed by atoms with E-state index < -0.39 is 11.7 Å². The van der Waals surface area contributed by atoms with Gasteiger partial charge >= 0.3 is 6.18 Å². The van der Waals surface area contributed by atoms with Crippen LogP contribution in [0.2, 0.25) is 0 Å². The van der Waals surface area contributed by atoms with E-state index in [9.17, 15) is 13.2 Å². The van der Waals surface area contributed by atoms with Gasteiger partial charge in [-0.1, -0.05) is 24.3 Å². The number of imidazole rings is 1. The lowest BCUT2D eigenvalue weighted by atomic mass is 10.1. The average Bonchev–Trinajstić information content (AvgIpc) is 3.23. The third-order valence-electron chi connectivity index (χ3n) is 3.62. The Morgan fingerprint density at radius 2 is 1.79 bits per heavy atom. The van der Waals surface area contributed by atoms with Gasteiger partial charge in [0.15, 0.2) is 5.65 Å². The summed E-state index contributed by atoms with van der Waals surface area (Å²) in [7, 11) is 0. The fraction of sp³-hybridized carbons (Fsp3) is 0.0588. The van der Waals surface area contributed by atoms with Crippen molar-refractivity contribution in [2.45, 2.75) is 6.18 Å². The number of benzene rings is 1. The van der Waals surface area contributed by atoms with Gasteiger partial charge in [0.2, 0.25) is 0 Å². The number of hydrogen-bond donors (Lipinski definition) is 0. The smallest absolute Gasteiger partial charge is 0.283 e. The lowest BCUT2D eigenvalue weighted by Crippen LogP contribution is -2.07. The third-order valence-corrected chi connectivity index (χ3v) is 4.51. The molecule has 0 aliphatic rings. The Morgan fingerprint density at radius 1 is 1.00 bits per heavy atom. The van der Waals surface area contributed by atoms with Crippen molar-refractivity contribution in [3.05, 3.63) is 65.8 Å². The van der Waals surface area contributed by atoms with Gasteiger partial charge in [-0.3, -0.25) is 4.57 Å². The minimum absolute atomic E-state index is 0.147. The Balaban J connectivity index is 2.03. The van der Waals surface area contributed by atoms with Gasteiger partial charge in [-0.05, 0) is 29.6 Å². The van der Waals surface area contributed by atoms with Crippen LogP contribution in [0.1, 0.15) is 5.56 Å². The van der Waals surface area contributed by atoms with Crippen molar-refractivity contribution in [1.29, 1.82) is 0 Å². The molecule has 24 heavy (non-hydrogen) atoms. The Bertz CT molecular complexity index is 989. The van der Waals surface area contributed by atoms with Gasteiger partial charge in [0.05, 0.1) is 16.1 Å². The normalized spacial score (nSPS) is 12.0. The maximum Gasteiger partial charge on any atom is 0.418 e. The molecule has 4 aromatic rings. The molecule has 120 valence electrons. The number of pyridine rings is 1. The molecule has 4 rings (SSSR count). The van der Waals surface area contributed by atoms with Crippen LogP contribution in [0, 0.1) is 0 Å². The van der Waals surface area contributed by atoms with Crippen molar-refractivity contribution in [3.8, 4) is 16.3 Å². The zero-order valence-electron chi connectivity index (χ0n) is 12.2. The Labute approximate surface area is 139 Å². The van der Waals surface area contributed by atoms with Crippen LogP contribution < -0.4 is 0 Å². The van der Waals surface area contributed by atoms with Crippen molar-refractivity contribution >= 4 is 22.5 Å². The minimum atomic E-state index is -4.50. The Hall–Kier alpha value is -2.67. The van der Waals surface area contributed by atoms with Crippen LogP contribution >= 0.6 is 11.3 Å². The van der Waals surface area contributed by atoms with Crippen LogP contribution in [0.4, 0.5) is 13.2 Å². The van der Waals surface area contributed by atoms with Crippen molar-refractivity contribution < 1.29 is 13.2 Å². The molecule has 0 fully saturated rings. The van der Waals surface area contributed by atoms with E-state index in [0.717, 1.165) is 6.07 Å². The van der Waals surface area contributed by atoms with Gasteiger partial charge in [-0.2, -0.15) is 13.2 Å². The van der Waals surface area contributed by atoms with E-state index in [4.69, 9.17) is 0 Å². The Kier molecular flexibility index (Phi) is 3.38. The predicted octanol–water partition coefficient (Wildman–Crippen LogP) is 5.17. The first-order valence-corrected chi connectivity index (χ1v) is 7.96. The molecule has 1 aromatic carbocycles. The molecular formula is C17H10F3N3S. The average molecular weight is 345 g/mol. The summed E-state index contributed by atoms with van der Waals surface area (Å²) in [6.07, 6.45) is -3.12. The molecule has 0 aliphatic heterocycles. The first-order chi connectivity index (χ1) is 11.5. The summed E-state index contributed by atoms with van der Waals surface area (Å²) in [5, 5.41) is 1.81. The highest BCUT2D eigenvalue weighted by Crippen LogP contribution is 2.37. The van der Waals surface area contributed by atoms with E-state index >= 15 is 0 Å². The van der Waals surface area contributed by atoms with Crippen LogP contribution in [0.3, 0.4) is 0 Å². The minimum Gasteiger partial charge on any atom is -0.283 e. The van der Waals surface area contributed by atoms with Crippen LogP contribution in [-0.2, 0) is 6.18 Å². The van der Waals surface area contributed by atoms with Crippen molar-refractivity contribution in [1.82, 2.24) is 14.5 Å². The fourth-order valence-corrected chi connectivity index (χ4v) is 3.22. The molecule has 0 radical (unpaired) electrons. The highest BCUT2D eigenvalue weighted by Gasteiger charge is 2.35. The van der Waals surface area contributed by atoms with E-state index in [1.807, 2.05) is 23.6 Å². The lowest BCUT2D eigenvalue weighted by molar-refractivity contribution is -0.136. The highest BCUT2D eigenvalue weighted by atomic mass is 32.1. The topological polar surface area (TPSA) is 30.7 Å². The number of rotatable bonds is 2. The van der Waals surface area contributed by atoms with Crippen LogP contribution in [0.5, 0.6) is 0 Å². The predicted molar refractivity (Wildman–Crippen MR) is 87.2 cm³/mol. The quantitative estimate of drug-likeness (QED) is 0.502. The van der Waals surface area contributed by atoms with E-state index in [-0.39, 0.29) is 11.2 Å². The molecule has 0 atom stereocenters. The molecule has 0 saturated heterocycles. The largest absolute Gasteiger partial charge is 0.418 e. The van der Waals surface area contributed by atoms with E-state index in [2.05, 4.69) is 9.97 Å². The number of aromatic nitrogens is 3. The zero-order valence-corrected chi connectivity index (χ0v) is 13.0. The molecular weight excluding hydrogens is 335 g/mol. The zero-order chi connectivity index (χ0) is 16.7.